The standard InChI is InChI=1S/C20H20ClFN2O6/c1-2-30-20(29)17(25)11-24(23-18(26)19(27)28)10-12-3-5-13(6-4-12)15-9-14(21)7-8-16(15)22/h3-9,17,25H,2,10-11H2,1H3,(H,23,26)(H,27,28). The molecule has 1 atom stereocenters. The van der Waals surface area contributed by atoms with Crippen LogP contribution in [0.25, 0.3) is 11.1 Å². The summed E-state index contributed by atoms with van der Waals surface area (Å²) in [5.74, 6) is -4.40. The number of nitrogens with one attached hydrogen (secondary N) is 1. The van der Waals surface area contributed by atoms with Crippen LogP contribution in [0.3, 0.4) is 0 Å². The van der Waals surface area contributed by atoms with Gasteiger partial charge in [0.15, 0.2) is 6.10 Å². The van der Waals surface area contributed by atoms with E-state index in [0.717, 1.165) is 5.01 Å². The van der Waals surface area contributed by atoms with E-state index in [0.29, 0.717) is 21.7 Å². The Morgan fingerprint density at radius 1 is 1.20 bits per heavy atom. The molecule has 0 aliphatic heterocycles. The molecule has 2 aromatic rings. The largest absolute Gasteiger partial charge is 0.474 e. The number of carbonyl (C=O) groups is 3. The molecule has 3 N–H and O–H groups in total. The molecular weight excluding hydrogens is 419 g/mol. The molecule has 0 heterocycles. The number of nitrogens with zero attached hydrogens (tertiary/aromatic N) is 1. The highest BCUT2D eigenvalue weighted by atomic mass is 35.5. The minimum absolute atomic E-state index is 0.0339. The number of carboxylic acid groups (broad SMARTS) is 1. The van der Waals surface area contributed by atoms with Crippen molar-refractivity contribution in [1.29, 1.82) is 0 Å². The van der Waals surface area contributed by atoms with Gasteiger partial charge in [-0.1, -0.05) is 35.9 Å². The van der Waals surface area contributed by atoms with Crippen LogP contribution in [-0.4, -0.2) is 52.3 Å². The Morgan fingerprint density at radius 3 is 2.47 bits per heavy atom. The minimum Gasteiger partial charge on any atom is -0.474 e. The smallest absolute Gasteiger partial charge is 0.395 e. The van der Waals surface area contributed by atoms with Crippen LogP contribution in [-0.2, 0) is 25.7 Å². The molecule has 30 heavy (non-hydrogen) atoms. The van der Waals surface area contributed by atoms with E-state index in [2.05, 4.69) is 5.43 Å². The number of halogens is 2. The number of carbonyl (C=O) groups excluding carboxylic acids is 2. The van der Waals surface area contributed by atoms with E-state index in [4.69, 9.17) is 21.4 Å². The molecule has 0 aliphatic rings. The number of rotatable bonds is 8. The zero-order valence-corrected chi connectivity index (χ0v) is 16.7. The van der Waals surface area contributed by atoms with Gasteiger partial charge in [0.2, 0.25) is 0 Å². The summed E-state index contributed by atoms with van der Waals surface area (Å²) in [7, 11) is 0. The van der Waals surface area contributed by atoms with E-state index < -0.39 is 36.3 Å². The molecule has 0 aromatic heterocycles. The van der Waals surface area contributed by atoms with Gasteiger partial charge in [-0.25, -0.2) is 19.0 Å². The molecule has 2 aromatic carbocycles. The fourth-order valence-electron chi connectivity index (χ4n) is 2.59. The zero-order chi connectivity index (χ0) is 22.3. The van der Waals surface area contributed by atoms with Crippen LogP contribution in [0.4, 0.5) is 4.39 Å². The van der Waals surface area contributed by atoms with E-state index >= 15 is 0 Å². The molecule has 0 saturated heterocycles. The van der Waals surface area contributed by atoms with Gasteiger partial charge in [0.05, 0.1) is 13.2 Å². The number of carboxylic acids is 1. The molecule has 10 heteroatoms. The quantitative estimate of drug-likeness (QED) is 0.328. The number of ether oxygens (including phenoxy) is 1. The van der Waals surface area contributed by atoms with Gasteiger partial charge in [-0.2, -0.15) is 0 Å². The van der Waals surface area contributed by atoms with E-state index in [9.17, 15) is 23.9 Å². The second kappa shape index (κ2) is 10.7. The second-order valence-electron chi connectivity index (χ2n) is 6.22. The van der Waals surface area contributed by atoms with Crippen molar-refractivity contribution in [2.24, 2.45) is 0 Å². The van der Waals surface area contributed by atoms with Crippen molar-refractivity contribution >= 4 is 29.4 Å². The van der Waals surface area contributed by atoms with Crippen LogP contribution in [0.1, 0.15) is 12.5 Å². The minimum atomic E-state index is -1.72. The summed E-state index contributed by atoms with van der Waals surface area (Å²) in [6, 6.07) is 10.7. The lowest BCUT2D eigenvalue weighted by Gasteiger charge is -2.24. The zero-order valence-electron chi connectivity index (χ0n) is 16.0. The first-order valence-corrected chi connectivity index (χ1v) is 9.27. The predicted molar refractivity (Wildman–Crippen MR) is 106 cm³/mol. The Bertz CT molecular complexity index is 922. The molecule has 1 amide bonds. The van der Waals surface area contributed by atoms with Gasteiger partial charge in [-0.15, -0.1) is 0 Å². The first-order chi connectivity index (χ1) is 14.2. The lowest BCUT2D eigenvalue weighted by molar-refractivity contribution is -0.157. The summed E-state index contributed by atoms with van der Waals surface area (Å²) in [5, 5.41) is 20.2. The van der Waals surface area contributed by atoms with E-state index in [-0.39, 0.29) is 13.2 Å². The normalized spacial score (nSPS) is 11.8. The predicted octanol–water partition coefficient (Wildman–Crippen LogP) is 1.99. The van der Waals surface area contributed by atoms with Gasteiger partial charge >= 0.3 is 17.8 Å². The summed E-state index contributed by atoms with van der Waals surface area (Å²) in [6.07, 6.45) is -1.60. The van der Waals surface area contributed by atoms with Gasteiger partial charge in [0.25, 0.3) is 0 Å². The Morgan fingerprint density at radius 2 is 1.87 bits per heavy atom. The number of amides is 1. The summed E-state index contributed by atoms with van der Waals surface area (Å²) in [4.78, 5) is 34.0. The number of aliphatic hydroxyl groups excluding tert-OH is 1. The Balaban J connectivity index is 2.17. The van der Waals surface area contributed by atoms with Crippen LogP contribution >= 0.6 is 11.6 Å². The third-order valence-electron chi connectivity index (χ3n) is 3.97. The second-order valence-corrected chi connectivity index (χ2v) is 6.65. The van der Waals surface area contributed by atoms with Crippen LogP contribution in [0, 0.1) is 5.82 Å². The fraction of sp³-hybridized carbons (Fsp3) is 0.250. The van der Waals surface area contributed by atoms with Gasteiger partial charge in [-0.3, -0.25) is 10.2 Å². The number of aliphatic hydroxyl groups is 1. The summed E-state index contributed by atoms with van der Waals surface area (Å²) < 4.78 is 18.7. The fourth-order valence-corrected chi connectivity index (χ4v) is 2.76. The van der Waals surface area contributed by atoms with Crippen molar-refractivity contribution in [3.05, 3.63) is 58.9 Å². The maximum Gasteiger partial charge on any atom is 0.395 e. The van der Waals surface area contributed by atoms with E-state index in [1.54, 1.807) is 31.2 Å². The highest BCUT2D eigenvalue weighted by molar-refractivity contribution is 6.31. The molecule has 0 spiro atoms. The van der Waals surface area contributed by atoms with Crippen molar-refractivity contribution in [3.63, 3.8) is 0 Å². The van der Waals surface area contributed by atoms with Crippen LogP contribution in [0.2, 0.25) is 5.02 Å². The van der Waals surface area contributed by atoms with Crippen molar-refractivity contribution in [2.45, 2.75) is 19.6 Å². The van der Waals surface area contributed by atoms with Crippen molar-refractivity contribution < 1.29 is 33.7 Å². The molecule has 160 valence electrons. The third kappa shape index (κ3) is 6.51. The first kappa shape index (κ1) is 23.3. The number of hydrogen-bond acceptors (Lipinski definition) is 6. The van der Waals surface area contributed by atoms with Crippen molar-refractivity contribution in [2.75, 3.05) is 13.2 Å². The number of hydrogen-bond donors (Lipinski definition) is 3. The van der Waals surface area contributed by atoms with E-state index in [1.807, 2.05) is 0 Å². The third-order valence-corrected chi connectivity index (χ3v) is 4.21. The van der Waals surface area contributed by atoms with Gasteiger partial charge in [0.1, 0.15) is 5.82 Å². The number of esters is 1. The molecule has 8 nitrogen and oxygen atoms in total. The lowest BCUT2D eigenvalue weighted by Crippen LogP contribution is -2.49. The summed E-state index contributed by atoms with van der Waals surface area (Å²) >= 11 is 5.91. The number of hydrazine groups is 1. The van der Waals surface area contributed by atoms with Gasteiger partial charge < -0.3 is 14.9 Å². The highest BCUT2D eigenvalue weighted by Crippen LogP contribution is 2.26. The van der Waals surface area contributed by atoms with Crippen molar-refractivity contribution in [1.82, 2.24) is 10.4 Å². The maximum absolute atomic E-state index is 14.0. The summed E-state index contributed by atoms with van der Waals surface area (Å²) in [5.41, 5.74) is 3.57. The molecule has 1 unspecified atom stereocenters. The lowest BCUT2D eigenvalue weighted by atomic mass is 10.0. The summed E-state index contributed by atoms with van der Waals surface area (Å²) in [6.45, 7) is 1.19. The first-order valence-electron chi connectivity index (χ1n) is 8.89. The Hall–Kier alpha value is -3.01. The highest BCUT2D eigenvalue weighted by Gasteiger charge is 2.23. The van der Waals surface area contributed by atoms with Crippen LogP contribution in [0.5, 0.6) is 0 Å². The molecule has 2 rings (SSSR count). The van der Waals surface area contributed by atoms with E-state index in [1.165, 1.54) is 18.2 Å². The van der Waals surface area contributed by atoms with Crippen LogP contribution < -0.4 is 5.43 Å². The topological polar surface area (TPSA) is 116 Å². The average molecular weight is 439 g/mol. The SMILES string of the molecule is CCOC(=O)C(O)CN(Cc1ccc(-c2cc(Cl)ccc2F)cc1)NC(=O)C(=O)O. The number of aliphatic carboxylic acids is 1. The molecule has 0 bridgehead atoms. The molecule has 0 aliphatic carbocycles. The molecular formula is C20H20ClFN2O6. The maximum atomic E-state index is 14.0. The molecule has 0 radical (unpaired) electrons. The monoisotopic (exact) mass is 438 g/mol. The van der Waals surface area contributed by atoms with Gasteiger partial charge in [-0.05, 0) is 36.2 Å². The van der Waals surface area contributed by atoms with Crippen molar-refractivity contribution in [3.8, 4) is 11.1 Å². The van der Waals surface area contributed by atoms with Crippen LogP contribution in [0.15, 0.2) is 42.5 Å². The number of benzene rings is 2. The Labute approximate surface area is 176 Å². The Kier molecular flexibility index (Phi) is 8.28. The van der Waals surface area contributed by atoms with Gasteiger partial charge in [0, 0.05) is 17.1 Å². The molecule has 0 fully saturated rings. The molecule has 0 saturated carbocycles. The average Bonchev–Trinajstić information content (AvgIpc) is 2.70.